The Bertz CT molecular complexity index is 471. The first-order valence-corrected chi connectivity index (χ1v) is 5.01. The molecule has 0 spiro atoms. The number of nitrogens with two attached hydrogens (primary N) is 1. The summed E-state index contributed by atoms with van der Waals surface area (Å²) in [5.41, 5.74) is 7.74. The number of ether oxygens (including phenoxy) is 1. The lowest BCUT2D eigenvalue weighted by Crippen LogP contribution is -2.08. The summed E-state index contributed by atoms with van der Waals surface area (Å²) in [6, 6.07) is 8.46. The van der Waals surface area contributed by atoms with Crippen LogP contribution in [0.4, 0.5) is 0 Å². The molecule has 0 unspecified atom stereocenters. The van der Waals surface area contributed by atoms with E-state index < -0.39 is 0 Å². The van der Waals surface area contributed by atoms with Crippen molar-refractivity contribution in [3.05, 3.63) is 35.7 Å². The van der Waals surface area contributed by atoms with Crippen molar-refractivity contribution in [2.24, 2.45) is 5.73 Å². The van der Waals surface area contributed by atoms with E-state index in [1.54, 1.807) is 7.11 Å². The van der Waals surface area contributed by atoms with Gasteiger partial charge in [0.25, 0.3) is 0 Å². The number of methoxy groups -OCH3 is 1. The predicted molar refractivity (Wildman–Crippen MR) is 60.5 cm³/mol. The van der Waals surface area contributed by atoms with Crippen molar-refractivity contribution < 1.29 is 4.74 Å². The summed E-state index contributed by atoms with van der Waals surface area (Å²) in [5.74, 6) is 0.683. The van der Waals surface area contributed by atoms with Crippen molar-refractivity contribution in [3.8, 4) is 11.7 Å². The number of aromatic nitrogens is 3. The molecular formula is C11H14N4O. The van der Waals surface area contributed by atoms with Crippen LogP contribution in [0.5, 0.6) is 6.01 Å². The minimum absolute atomic E-state index is 0.324. The van der Waals surface area contributed by atoms with Crippen LogP contribution in [-0.2, 0) is 6.54 Å². The molecule has 1 aromatic heterocycles. The fourth-order valence-corrected chi connectivity index (χ4v) is 1.59. The van der Waals surface area contributed by atoms with Gasteiger partial charge in [0.1, 0.15) is 0 Å². The van der Waals surface area contributed by atoms with Gasteiger partial charge < -0.3 is 10.5 Å². The van der Waals surface area contributed by atoms with Gasteiger partial charge in [-0.05, 0) is 24.6 Å². The van der Waals surface area contributed by atoms with Crippen molar-refractivity contribution in [2.75, 3.05) is 7.11 Å². The number of benzene rings is 1. The highest BCUT2D eigenvalue weighted by molar-refractivity contribution is 5.38. The summed E-state index contributed by atoms with van der Waals surface area (Å²) < 4.78 is 6.97. The van der Waals surface area contributed by atoms with Crippen molar-refractivity contribution in [3.63, 3.8) is 0 Å². The highest BCUT2D eigenvalue weighted by Gasteiger charge is 2.12. The van der Waals surface area contributed by atoms with Gasteiger partial charge in [-0.15, -0.1) is 5.10 Å². The van der Waals surface area contributed by atoms with Crippen LogP contribution in [-0.4, -0.2) is 21.9 Å². The summed E-state index contributed by atoms with van der Waals surface area (Å²) in [7, 11) is 1.57. The number of aryl methyl sites for hydroxylation is 1. The number of rotatable bonds is 3. The Kier molecular flexibility index (Phi) is 2.87. The van der Waals surface area contributed by atoms with E-state index in [1.807, 2.05) is 35.8 Å². The van der Waals surface area contributed by atoms with Crippen LogP contribution in [0.1, 0.15) is 11.4 Å². The third-order valence-corrected chi connectivity index (χ3v) is 2.33. The summed E-state index contributed by atoms with van der Waals surface area (Å²) in [5, 5.41) is 7.90. The second-order valence-corrected chi connectivity index (χ2v) is 3.48. The molecule has 1 heterocycles. The van der Waals surface area contributed by atoms with Gasteiger partial charge in [-0.3, -0.25) is 0 Å². The van der Waals surface area contributed by atoms with Crippen LogP contribution in [0.15, 0.2) is 24.3 Å². The number of hydrogen-bond donors (Lipinski definition) is 1. The minimum Gasteiger partial charge on any atom is -0.467 e. The van der Waals surface area contributed by atoms with Gasteiger partial charge in [0, 0.05) is 0 Å². The van der Waals surface area contributed by atoms with Crippen LogP contribution in [0.25, 0.3) is 5.69 Å². The monoisotopic (exact) mass is 218 g/mol. The summed E-state index contributed by atoms with van der Waals surface area (Å²) >= 11 is 0. The maximum absolute atomic E-state index is 5.62. The smallest absolute Gasteiger partial charge is 0.321 e. The lowest BCUT2D eigenvalue weighted by molar-refractivity contribution is 0.371. The summed E-state index contributed by atoms with van der Waals surface area (Å²) in [4.78, 5) is 0. The van der Waals surface area contributed by atoms with Gasteiger partial charge in [-0.1, -0.05) is 17.2 Å². The van der Waals surface area contributed by atoms with E-state index in [-0.39, 0.29) is 0 Å². The van der Waals surface area contributed by atoms with Gasteiger partial charge in [0.05, 0.1) is 19.3 Å². The summed E-state index contributed by atoms with van der Waals surface area (Å²) in [6.45, 7) is 2.35. The Morgan fingerprint density at radius 1 is 1.38 bits per heavy atom. The van der Waals surface area contributed by atoms with Gasteiger partial charge >= 0.3 is 6.01 Å². The molecule has 0 saturated heterocycles. The fourth-order valence-electron chi connectivity index (χ4n) is 1.59. The molecule has 0 bridgehead atoms. The third-order valence-electron chi connectivity index (χ3n) is 2.33. The standard InChI is InChI=1S/C11H14N4O/c1-8-4-3-5-9(6-8)15-10(7-12)13-14-11(15)16-2/h3-6H,7,12H2,1-2H3. The van der Waals surface area contributed by atoms with E-state index in [0.717, 1.165) is 11.3 Å². The molecule has 0 amide bonds. The van der Waals surface area contributed by atoms with Crippen LogP contribution >= 0.6 is 0 Å². The Morgan fingerprint density at radius 2 is 2.19 bits per heavy atom. The highest BCUT2D eigenvalue weighted by Crippen LogP contribution is 2.18. The first-order valence-electron chi connectivity index (χ1n) is 5.01. The highest BCUT2D eigenvalue weighted by atomic mass is 16.5. The molecule has 5 heteroatoms. The Morgan fingerprint density at radius 3 is 2.81 bits per heavy atom. The average molecular weight is 218 g/mol. The molecule has 2 aromatic rings. The van der Waals surface area contributed by atoms with E-state index in [4.69, 9.17) is 10.5 Å². The molecule has 16 heavy (non-hydrogen) atoms. The maximum Gasteiger partial charge on any atom is 0.321 e. The SMILES string of the molecule is COc1nnc(CN)n1-c1cccc(C)c1. The topological polar surface area (TPSA) is 66.0 Å². The molecule has 5 nitrogen and oxygen atoms in total. The lowest BCUT2D eigenvalue weighted by Gasteiger charge is -2.08. The molecule has 1 aromatic carbocycles. The van der Waals surface area contributed by atoms with Crippen LogP contribution < -0.4 is 10.5 Å². The first kappa shape index (κ1) is 10.6. The Labute approximate surface area is 93.9 Å². The molecule has 0 aliphatic heterocycles. The van der Waals surface area contributed by atoms with Crippen LogP contribution in [0.2, 0.25) is 0 Å². The van der Waals surface area contributed by atoms with E-state index in [2.05, 4.69) is 10.2 Å². The van der Waals surface area contributed by atoms with E-state index in [9.17, 15) is 0 Å². The van der Waals surface area contributed by atoms with Crippen molar-refractivity contribution in [1.82, 2.24) is 14.8 Å². The molecule has 0 saturated carbocycles. The quantitative estimate of drug-likeness (QED) is 0.836. The molecule has 0 radical (unpaired) electrons. The second-order valence-electron chi connectivity index (χ2n) is 3.48. The van der Waals surface area contributed by atoms with E-state index in [0.29, 0.717) is 18.4 Å². The van der Waals surface area contributed by atoms with Gasteiger partial charge in [-0.2, -0.15) is 0 Å². The molecule has 0 aliphatic carbocycles. The summed E-state index contributed by atoms with van der Waals surface area (Å²) in [6.07, 6.45) is 0. The molecule has 2 rings (SSSR count). The Balaban J connectivity index is 2.57. The predicted octanol–water partition coefficient (Wildman–Crippen LogP) is 1.04. The van der Waals surface area contributed by atoms with Gasteiger partial charge in [0.2, 0.25) is 0 Å². The largest absolute Gasteiger partial charge is 0.467 e. The fraction of sp³-hybridized carbons (Fsp3) is 0.273. The maximum atomic E-state index is 5.62. The van der Waals surface area contributed by atoms with Gasteiger partial charge in [0.15, 0.2) is 5.82 Å². The minimum atomic E-state index is 0.324. The normalized spacial score (nSPS) is 10.4. The third kappa shape index (κ3) is 1.77. The zero-order valence-corrected chi connectivity index (χ0v) is 9.34. The molecule has 2 N–H and O–H groups in total. The Hall–Kier alpha value is -1.88. The molecule has 84 valence electrons. The van der Waals surface area contributed by atoms with E-state index >= 15 is 0 Å². The van der Waals surface area contributed by atoms with Crippen molar-refractivity contribution in [2.45, 2.75) is 13.5 Å². The molecule has 0 fully saturated rings. The van der Waals surface area contributed by atoms with Gasteiger partial charge in [-0.25, -0.2) is 4.57 Å². The van der Waals surface area contributed by atoms with Crippen LogP contribution in [0.3, 0.4) is 0 Å². The lowest BCUT2D eigenvalue weighted by atomic mass is 10.2. The zero-order valence-electron chi connectivity index (χ0n) is 9.34. The number of nitrogens with zero attached hydrogens (tertiary/aromatic N) is 3. The average Bonchev–Trinajstić information content (AvgIpc) is 2.71. The first-order chi connectivity index (χ1) is 7.76. The van der Waals surface area contributed by atoms with Crippen molar-refractivity contribution in [1.29, 1.82) is 0 Å². The molecular weight excluding hydrogens is 204 g/mol. The van der Waals surface area contributed by atoms with Crippen molar-refractivity contribution >= 4 is 0 Å². The zero-order chi connectivity index (χ0) is 11.5. The van der Waals surface area contributed by atoms with Crippen LogP contribution in [0, 0.1) is 6.92 Å². The number of hydrogen-bond acceptors (Lipinski definition) is 4. The molecule has 0 atom stereocenters. The van der Waals surface area contributed by atoms with E-state index in [1.165, 1.54) is 0 Å². The molecule has 0 aliphatic rings. The second kappa shape index (κ2) is 4.32.